The van der Waals surface area contributed by atoms with Crippen LogP contribution in [0, 0.1) is 29.3 Å². The first kappa shape index (κ1) is 25.7. The van der Waals surface area contributed by atoms with Crippen molar-refractivity contribution in [2.45, 2.75) is 50.9 Å². The van der Waals surface area contributed by atoms with Gasteiger partial charge in [-0.15, -0.1) is 5.10 Å². The molecule has 1 saturated heterocycles. The Balaban J connectivity index is 1.24. The molecule has 1 aromatic carbocycles. The number of nitrogens with one attached hydrogen (secondary N) is 1. The summed E-state index contributed by atoms with van der Waals surface area (Å²) in [4.78, 5) is 10.1. The summed E-state index contributed by atoms with van der Waals surface area (Å²) >= 11 is 0. The summed E-state index contributed by atoms with van der Waals surface area (Å²) in [5.41, 5.74) is 0.733. The Bertz CT molecular complexity index is 1430. The van der Waals surface area contributed by atoms with Crippen molar-refractivity contribution in [3.63, 3.8) is 0 Å². The lowest BCUT2D eigenvalue weighted by atomic mass is 9.67. The van der Waals surface area contributed by atoms with E-state index in [0.29, 0.717) is 43.5 Å². The molecule has 0 radical (unpaired) electrons. The highest BCUT2D eigenvalue weighted by atomic mass is 19.4. The number of hydrogen-bond donors (Lipinski definition) is 1. The fourth-order valence-corrected chi connectivity index (χ4v) is 6.27. The summed E-state index contributed by atoms with van der Waals surface area (Å²) in [5, 5.41) is 7.99. The third-order valence-electron chi connectivity index (χ3n) is 8.16. The van der Waals surface area contributed by atoms with Crippen molar-refractivity contribution in [3.05, 3.63) is 76.6 Å². The molecule has 3 aliphatic rings. The maximum Gasteiger partial charge on any atom is 0.433 e. The van der Waals surface area contributed by atoms with Crippen LogP contribution in [-0.4, -0.2) is 38.9 Å². The lowest BCUT2D eigenvalue weighted by molar-refractivity contribution is -0.141. The fourth-order valence-electron chi connectivity index (χ4n) is 6.27. The van der Waals surface area contributed by atoms with Gasteiger partial charge in [0.05, 0.1) is 6.04 Å². The van der Waals surface area contributed by atoms with Gasteiger partial charge in [0.2, 0.25) is 5.95 Å². The minimum absolute atomic E-state index is 0.0517. The molecule has 39 heavy (non-hydrogen) atoms. The molecule has 0 spiro atoms. The molecule has 1 aliphatic carbocycles. The minimum Gasteiger partial charge on any atom is -0.370 e. The second-order valence-corrected chi connectivity index (χ2v) is 10.3. The van der Waals surface area contributed by atoms with E-state index in [1.54, 1.807) is 10.7 Å². The largest absolute Gasteiger partial charge is 0.433 e. The summed E-state index contributed by atoms with van der Waals surface area (Å²) < 4.78 is 83.5. The average Bonchev–Trinajstić information content (AvgIpc) is 3.43. The molecule has 0 amide bonds. The number of pyridine rings is 1. The predicted molar refractivity (Wildman–Crippen MR) is 132 cm³/mol. The van der Waals surface area contributed by atoms with E-state index in [0.717, 1.165) is 30.5 Å². The lowest BCUT2D eigenvalue weighted by Crippen LogP contribution is -2.48. The Hall–Kier alpha value is -3.57. The quantitative estimate of drug-likeness (QED) is 0.249. The summed E-state index contributed by atoms with van der Waals surface area (Å²) in [6, 6.07) is 4.74. The van der Waals surface area contributed by atoms with E-state index >= 15 is 0 Å². The lowest BCUT2D eigenvalue weighted by Gasteiger charge is -2.42. The number of halogens is 6. The van der Waals surface area contributed by atoms with Crippen LogP contribution >= 0.6 is 0 Å². The van der Waals surface area contributed by atoms with Crippen molar-refractivity contribution in [2.75, 3.05) is 23.3 Å². The van der Waals surface area contributed by atoms with Gasteiger partial charge in [-0.1, -0.05) is 18.6 Å². The number of benzene rings is 1. The number of fused-ring (bicyclic) bond motifs is 2. The third kappa shape index (κ3) is 4.43. The van der Waals surface area contributed by atoms with Gasteiger partial charge in [0.25, 0.3) is 0 Å². The van der Waals surface area contributed by atoms with Crippen molar-refractivity contribution in [1.29, 1.82) is 0 Å². The second kappa shape index (κ2) is 9.56. The first-order chi connectivity index (χ1) is 18.7. The van der Waals surface area contributed by atoms with Gasteiger partial charge < -0.3 is 10.2 Å². The van der Waals surface area contributed by atoms with Crippen LogP contribution in [0.3, 0.4) is 0 Å². The molecule has 3 aromatic rings. The summed E-state index contributed by atoms with van der Waals surface area (Å²) in [6.07, 6.45) is 0.739. The van der Waals surface area contributed by atoms with Gasteiger partial charge in [-0.3, -0.25) is 4.98 Å². The van der Waals surface area contributed by atoms with Crippen LogP contribution in [0.1, 0.15) is 49.2 Å². The number of anilines is 2. The second-order valence-electron chi connectivity index (χ2n) is 10.3. The number of nitrogens with zero attached hydrogens (tertiary/aromatic N) is 5. The van der Waals surface area contributed by atoms with Gasteiger partial charge in [0.1, 0.15) is 11.5 Å². The summed E-state index contributed by atoms with van der Waals surface area (Å²) in [6.45, 7) is 3.64. The van der Waals surface area contributed by atoms with Crippen molar-refractivity contribution >= 4 is 11.6 Å². The van der Waals surface area contributed by atoms with E-state index in [1.807, 2.05) is 17.9 Å². The normalized spacial score (nSPS) is 25.7. The Kier molecular flexibility index (Phi) is 6.30. The standard InChI is InChI=1S/C27H26F6N6/c1-2-15-18-12-38(14-8-9-34-21(11-14)27(31,32)33)13-19(18)24(15)35-26-36-25-17(5-3-4-10-39(25)37-26)16-6-7-20(28)23(30)22(16)29/h2,6-9,11,17-19,24H,3-5,10,12-13H2,1H3,(H,35,37)/b15-2+/t17?,18?,19-,24-/m1/s1. The van der Waals surface area contributed by atoms with Gasteiger partial charge in [0, 0.05) is 54.8 Å². The highest BCUT2D eigenvalue weighted by Gasteiger charge is 2.51. The third-order valence-corrected chi connectivity index (χ3v) is 8.16. The summed E-state index contributed by atoms with van der Waals surface area (Å²) in [7, 11) is 0. The average molecular weight is 549 g/mol. The number of hydrogen-bond acceptors (Lipinski definition) is 5. The van der Waals surface area contributed by atoms with Crippen molar-refractivity contribution < 1.29 is 26.3 Å². The monoisotopic (exact) mass is 548 g/mol. The number of allylic oxidation sites excluding steroid dienone is 1. The fraction of sp³-hybridized carbons (Fsp3) is 0.444. The van der Waals surface area contributed by atoms with Crippen LogP contribution in [-0.2, 0) is 12.7 Å². The van der Waals surface area contributed by atoms with Crippen LogP contribution < -0.4 is 10.2 Å². The molecule has 206 valence electrons. The summed E-state index contributed by atoms with van der Waals surface area (Å²) in [5.74, 6) is -3.37. The van der Waals surface area contributed by atoms with Crippen LogP contribution in [0.15, 0.2) is 42.1 Å². The zero-order chi connectivity index (χ0) is 27.5. The minimum atomic E-state index is -4.52. The molecule has 0 bridgehead atoms. The van der Waals surface area contributed by atoms with Crippen LogP contribution in [0.2, 0.25) is 0 Å². The van der Waals surface area contributed by atoms with E-state index in [4.69, 9.17) is 0 Å². The number of aromatic nitrogens is 4. The zero-order valence-corrected chi connectivity index (χ0v) is 21.0. The molecular weight excluding hydrogens is 522 g/mol. The first-order valence-electron chi connectivity index (χ1n) is 12.9. The van der Waals surface area contributed by atoms with Gasteiger partial charge in [-0.2, -0.15) is 18.2 Å². The highest BCUT2D eigenvalue weighted by molar-refractivity contribution is 5.53. The molecule has 2 aliphatic heterocycles. The van der Waals surface area contributed by atoms with Gasteiger partial charge in [-0.25, -0.2) is 17.9 Å². The maximum absolute atomic E-state index is 14.7. The topological polar surface area (TPSA) is 58.9 Å². The number of aryl methyl sites for hydroxylation is 1. The van der Waals surface area contributed by atoms with E-state index in [9.17, 15) is 26.3 Å². The highest BCUT2D eigenvalue weighted by Crippen LogP contribution is 2.48. The van der Waals surface area contributed by atoms with E-state index in [1.165, 1.54) is 12.3 Å². The maximum atomic E-state index is 14.7. The van der Waals surface area contributed by atoms with E-state index in [-0.39, 0.29) is 23.4 Å². The molecule has 6 rings (SSSR count). The first-order valence-corrected chi connectivity index (χ1v) is 12.9. The molecule has 1 N–H and O–H groups in total. The van der Waals surface area contributed by atoms with Crippen LogP contribution in [0.25, 0.3) is 0 Å². The molecule has 12 heteroatoms. The molecule has 2 unspecified atom stereocenters. The molecule has 4 heterocycles. The Morgan fingerprint density at radius 3 is 2.64 bits per heavy atom. The van der Waals surface area contributed by atoms with E-state index in [2.05, 4.69) is 20.4 Å². The molecular formula is C27H26F6N6. The zero-order valence-electron chi connectivity index (χ0n) is 21.0. The SMILES string of the molecule is C/C=C1\C2CN(c3ccnc(C(F)(F)F)c3)C[C@H]2[C@@H]1Nc1nc2n(n1)CCCCC2c1ccc(F)c(F)c1F. The van der Waals surface area contributed by atoms with Crippen molar-refractivity contribution in [3.8, 4) is 0 Å². The molecule has 1 saturated carbocycles. The van der Waals surface area contributed by atoms with Crippen molar-refractivity contribution in [1.82, 2.24) is 19.7 Å². The molecule has 2 aromatic heterocycles. The van der Waals surface area contributed by atoms with Gasteiger partial charge in [-0.05, 0) is 43.5 Å². The number of rotatable bonds is 4. The molecule has 6 nitrogen and oxygen atoms in total. The molecule has 4 atom stereocenters. The van der Waals surface area contributed by atoms with Gasteiger partial charge >= 0.3 is 6.18 Å². The predicted octanol–water partition coefficient (Wildman–Crippen LogP) is 5.92. The van der Waals surface area contributed by atoms with E-state index < -0.39 is 35.2 Å². The van der Waals surface area contributed by atoms with Crippen molar-refractivity contribution in [2.24, 2.45) is 11.8 Å². The number of alkyl halides is 3. The molecule has 2 fully saturated rings. The van der Waals surface area contributed by atoms with Gasteiger partial charge in [0.15, 0.2) is 17.5 Å². The Morgan fingerprint density at radius 2 is 1.87 bits per heavy atom. The Labute approximate surface area is 220 Å². The van der Waals surface area contributed by atoms with Crippen LogP contribution in [0.4, 0.5) is 38.0 Å². The van der Waals surface area contributed by atoms with Crippen LogP contribution in [0.5, 0.6) is 0 Å². The Morgan fingerprint density at radius 1 is 1.05 bits per heavy atom. The smallest absolute Gasteiger partial charge is 0.370 e.